The van der Waals surface area contributed by atoms with Crippen LogP contribution in [0, 0.1) is 0 Å². The van der Waals surface area contributed by atoms with Gasteiger partial charge in [-0.1, -0.05) is 0 Å². The van der Waals surface area contributed by atoms with Gasteiger partial charge in [-0.15, -0.1) is 0 Å². The molecule has 4 amide bonds. The number of hydrogen-bond donors (Lipinski definition) is 5. The minimum absolute atomic E-state index is 0.179. The van der Waals surface area contributed by atoms with Crippen molar-refractivity contribution in [1.29, 1.82) is 0 Å². The number of imide groups is 1. The molecule has 0 aliphatic carbocycles. The molecule has 104 valence electrons. The van der Waals surface area contributed by atoms with E-state index in [1.54, 1.807) is 0 Å². The summed E-state index contributed by atoms with van der Waals surface area (Å²) in [6.07, 6.45) is 1.56. The molecule has 0 rings (SSSR count). The number of hydrogen-bond acceptors (Lipinski definition) is 5. The van der Waals surface area contributed by atoms with Crippen molar-refractivity contribution in [3.05, 3.63) is 0 Å². The first kappa shape index (κ1) is 16.3. The maximum Gasteiger partial charge on any atom is 0.322 e. The highest BCUT2D eigenvalue weighted by molar-refractivity contribution is 5.96. The van der Waals surface area contributed by atoms with Crippen molar-refractivity contribution in [2.24, 2.45) is 11.5 Å². The number of aliphatic hydroxyl groups excluding tert-OH is 1. The summed E-state index contributed by atoms with van der Waals surface area (Å²) in [4.78, 5) is 33.4. The van der Waals surface area contributed by atoms with Gasteiger partial charge in [-0.05, 0) is 25.8 Å². The molecule has 0 bridgehead atoms. The Labute approximate surface area is 105 Å². The van der Waals surface area contributed by atoms with E-state index in [-0.39, 0.29) is 13.0 Å². The van der Waals surface area contributed by atoms with Crippen molar-refractivity contribution in [2.45, 2.75) is 31.7 Å². The highest BCUT2D eigenvalue weighted by atomic mass is 16.3. The molecule has 0 saturated carbocycles. The van der Waals surface area contributed by atoms with E-state index in [1.807, 2.05) is 5.32 Å². The molecule has 0 aromatic heterocycles. The van der Waals surface area contributed by atoms with Gasteiger partial charge < -0.3 is 21.9 Å². The van der Waals surface area contributed by atoms with E-state index >= 15 is 0 Å². The number of nitrogens with two attached hydrogens (primary N) is 2. The monoisotopic (exact) mass is 260 g/mol. The summed E-state index contributed by atoms with van der Waals surface area (Å²) >= 11 is 0. The minimum atomic E-state index is -0.835. The predicted octanol–water partition coefficient (Wildman–Crippen LogP) is -1.82. The lowest BCUT2D eigenvalue weighted by atomic mass is 10.1. The molecule has 0 spiro atoms. The van der Waals surface area contributed by atoms with Crippen molar-refractivity contribution in [3.8, 4) is 0 Å². The Balaban J connectivity index is 4.11. The number of unbranched alkanes of at least 4 members (excludes halogenated alkanes) is 1. The third-order valence-corrected chi connectivity index (χ3v) is 2.19. The van der Waals surface area contributed by atoms with Crippen LogP contribution in [0.5, 0.6) is 0 Å². The van der Waals surface area contributed by atoms with Crippen molar-refractivity contribution < 1.29 is 19.5 Å². The number of carbonyl (C=O) groups excluding carboxylic acids is 3. The average molecular weight is 260 g/mol. The SMILES string of the molecule is NCCCC[C@H](NC(=O)NC(=O)CCO)C(N)=O. The van der Waals surface area contributed by atoms with E-state index < -0.39 is 23.9 Å². The van der Waals surface area contributed by atoms with Gasteiger partial charge in [0.15, 0.2) is 0 Å². The van der Waals surface area contributed by atoms with Gasteiger partial charge in [0.25, 0.3) is 0 Å². The second kappa shape index (κ2) is 9.37. The summed E-state index contributed by atoms with van der Waals surface area (Å²) in [5, 5.41) is 12.8. The number of aliphatic hydroxyl groups is 1. The summed E-state index contributed by atoms with van der Waals surface area (Å²) < 4.78 is 0. The third-order valence-electron chi connectivity index (χ3n) is 2.19. The largest absolute Gasteiger partial charge is 0.396 e. The van der Waals surface area contributed by atoms with Crippen molar-refractivity contribution in [3.63, 3.8) is 0 Å². The topological polar surface area (TPSA) is 148 Å². The second-order valence-corrected chi connectivity index (χ2v) is 3.73. The van der Waals surface area contributed by atoms with Crippen LogP contribution in [-0.4, -0.2) is 42.1 Å². The zero-order chi connectivity index (χ0) is 14.0. The highest BCUT2D eigenvalue weighted by Crippen LogP contribution is 1.99. The normalized spacial score (nSPS) is 11.7. The summed E-state index contributed by atoms with van der Waals surface area (Å²) in [5.41, 5.74) is 10.4. The van der Waals surface area contributed by atoms with E-state index in [0.717, 1.165) is 6.42 Å². The molecule has 0 radical (unpaired) electrons. The van der Waals surface area contributed by atoms with Crippen molar-refractivity contribution in [2.75, 3.05) is 13.2 Å². The van der Waals surface area contributed by atoms with Crippen LogP contribution in [-0.2, 0) is 9.59 Å². The smallest absolute Gasteiger partial charge is 0.322 e. The number of rotatable bonds is 8. The van der Waals surface area contributed by atoms with Crippen LogP contribution in [0.2, 0.25) is 0 Å². The van der Waals surface area contributed by atoms with Gasteiger partial charge in [0.1, 0.15) is 6.04 Å². The summed E-state index contributed by atoms with van der Waals surface area (Å²) in [7, 11) is 0. The molecule has 18 heavy (non-hydrogen) atoms. The Morgan fingerprint density at radius 1 is 1.22 bits per heavy atom. The van der Waals surface area contributed by atoms with Crippen LogP contribution in [0.4, 0.5) is 4.79 Å². The molecule has 0 aromatic carbocycles. The van der Waals surface area contributed by atoms with E-state index in [4.69, 9.17) is 16.6 Å². The zero-order valence-corrected chi connectivity index (χ0v) is 10.1. The fourth-order valence-corrected chi connectivity index (χ4v) is 1.26. The number of carbonyl (C=O) groups is 3. The number of nitrogens with one attached hydrogen (secondary N) is 2. The van der Waals surface area contributed by atoms with Gasteiger partial charge in [0.05, 0.1) is 13.0 Å². The Bertz CT molecular complexity index is 296. The van der Waals surface area contributed by atoms with E-state index in [2.05, 4.69) is 5.32 Å². The van der Waals surface area contributed by atoms with E-state index in [9.17, 15) is 14.4 Å². The molecule has 0 heterocycles. The van der Waals surface area contributed by atoms with Crippen LogP contribution >= 0.6 is 0 Å². The van der Waals surface area contributed by atoms with Crippen LogP contribution in [0.1, 0.15) is 25.7 Å². The van der Waals surface area contributed by atoms with Crippen LogP contribution < -0.4 is 22.1 Å². The number of amides is 4. The van der Waals surface area contributed by atoms with Crippen molar-refractivity contribution in [1.82, 2.24) is 10.6 Å². The number of primary amides is 1. The van der Waals surface area contributed by atoms with Crippen LogP contribution in [0.3, 0.4) is 0 Å². The fourth-order valence-electron chi connectivity index (χ4n) is 1.26. The molecule has 0 aromatic rings. The summed E-state index contributed by atoms with van der Waals surface area (Å²) in [5.74, 6) is -1.29. The lowest BCUT2D eigenvalue weighted by Crippen LogP contribution is -2.49. The molecule has 0 unspecified atom stereocenters. The standard InChI is InChI=1S/C10H20N4O4/c11-5-2-1-3-7(9(12)17)13-10(18)14-8(16)4-6-15/h7,15H,1-6,11H2,(H2,12,17)(H2,13,14,16,18)/t7-/m0/s1. The second-order valence-electron chi connectivity index (χ2n) is 3.73. The Morgan fingerprint density at radius 3 is 2.39 bits per heavy atom. The van der Waals surface area contributed by atoms with Gasteiger partial charge in [-0.2, -0.15) is 0 Å². The molecule has 0 saturated heterocycles. The Morgan fingerprint density at radius 2 is 1.89 bits per heavy atom. The Hall–Kier alpha value is -1.67. The molecule has 7 N–H and O–H groups in total. The first-order valence-corrected chi connectivity index (χ1v) is 5.71. The maximum atomic E-state index is 11.3. The Kier molecular flexibility index (Phi) is 8.50. The van der Waals surface area contributed by atoms with Gasteiger partial charge in [-0.25, -0.2) is 4.79 Å². The fraction of sp³-hybridized carbons (Fsp3) is 0.700. The summed E-state index contributed by atoms with van der Waals surface area (Å²) in [6.45, 7) is 0.140. The molecule has 0 aliphatic rings. The van der Waals surface area contributed by atoms with Gasteiger partial charge in [0, 0.05) is 0 Å². The minimum Gasteiger partial charge on any atom is -0.396 e. The quantitative estimate of drug-likeness (QED) is 0.326. The van der Waals surface area contributed by atoms with Crippen LogP contribution in [0.25, 0.3) is 0 Å². The van der Waals surface area contributed by atoms with E-state index in [0.29, 0.717) is 19.4 Å². The first-order chi connectivity index (χ1) is 8.51. The molecular weight excluding hydrogens is 240 g/mol. The van der Waals surface area contributed by atoms with E-state index in [1.165, 1.54) is 0 Å². The zero-order valence-electron chi connectivity index (χ0n) is 10.1. The molecule has 1 atom stereocenters. The van der Waals surface area contributed by atoms with Gasteiger partial charge in [0.2, 0.25) is 11.8 Å². The molecule has 0 aliphatic heterocycles. The lowest BCUT2D eigenvalue weighted by Gasteiger charge is -2.15. The van der Waals surface area contributed by atoms with Crippen molar-refractivity contribution >= 4 is 17.8 Å². The molecule has 8 nitrogen and oxygen atoms in total. The number of urea groups is 1. The summed E-state index contributed by atoms with van der Waals surface area (Å²) in [6, 6.07) is -1.64. The third kappa shape index (κ3) is 7.58. The van der Waals surface area contributed by atoms with Gasteiger partial charge >= 0.3 is 6.03 Å². The average Bonchev–Trinajstić information content (AvgIpc) is 2.27. The maximum absolute atomic E-state index is 11.3. The molecule has 0 fully saturated rings. The highest BCUT2D eigenvalue weighted by Gasteiger charge is 2.18. The van der Waals surface area contributed by atoms with Gasteiger partial charge in [-0.3, -0.25) is 14.9 Å². The predicted molar refractivity (Wildman–Crippen MR) is 64.3 cm³/mol. The lowest BCUT2D eigenvalue weighted by molar-refractivity contribution is -0.122. The first-order valence-electron chi connectivity index (χ1n) is 5.71. The van der Waals surface area contributed by atoms with Crippen LogP contribution in [0.15, 0.2) is 0 Å². The molecule has 8 heteroatoms. The molecular formula is C10H20N4O4.